The molecule has 1 aliphatic heterocycles. The number of carbonyl (C=O) groups excluding carboxylic acids is 1. The molecule has 5 heteroatoms. The quantitative estimate of drug-likeness (QED) is 0.805. The fraction of sp³-hybridized carbons (Fsp3) is 0.462. The predicted octanol–water partition coefficient (Wildman–Crippen LogP) is 1.71. The standard InChI is InChI=1S/C13H17FN2O2/c1-8(12-3-2-4-18-12)16-13(17)9-5-10(14)7-11(15)6-9/h5-8,12H,2-4,15H2,1H3,(H,16,17). The Kier molecular flexibility index (Phi) is 3.81. The number of nitrogens with two attached hydrogens (primary N) is 1. The zero-order valence-electron chi connectivity index (χ0n) is 10.3. The Labute approximate surface area is 105 Å². The lowest BCUT2D eigenvalue weighted by Crippen LogP contribution is -2.40. The largest absolute Gasteiger partial charge is 0.399 e. The van der Waals surface area contributed by atoms with Crippen molar-refractivity contribution in [3.63, 3.8) is 0 Å². The van der Waals surface area contributed by atoms with Gasteiger partial charge in [0.15, 0.2) is 0 Å². The SMILES string of the molecule is CC(NC(=O)c1cc(N)cc(F)c1)C1CCCO1. The number of halogens is 1. The summed E-state index contributed by atoms with van der Waals surface area (Å²) in [6.45, 7) is 2.62. The second kappa shape index (κ2) is 5.35. The van der Waals surface area contributed by atoms with Crippen LogP contribution in [0.4, 0.5) is 10.1 Å². The van der Waals surface area contributed by atoms with E-state index in [1.165, 1.54) is 18.2 Å². The number of ether oxygens (including phenoxy) is 1. The van der Waals surface area contributed by atoms with Gasteiger partial charge in [-0.1, -0.05) is 0 Å². The Hall–Kier alpha value is -1.62. The number of amides is 1. The van der Waals surface area contributed by atoms with Crippen LogP contribution in [0.5, 0.6) is 0 Å². The molecule has 18 heavy (non-hydrogen) atoms. The Morgan fingerprint density at radius 3 is 2.94 bits per heavy atom. The molecule has 3 N–H and O–H groups in total. The number of benzene rings is 1. The smallest absolute Gasteiger partial charge is 0.251 e. The summed E-state index contributed by atoms with van der Waals surface area (Å²) in [7, 11) is 0. The first-order valence-electron chi connectivity index (χ1n) is 6.05. The van der Waals surface area contributed by atoms with Crippen molar-refractivity contribution in [2.45, 2.75) is 31.9 Å². The highest BCUT2D eigenvalue weighted by Crippen LogP contribution is 2.16. The van der Waals surface area contributed by atoms with E-state index in [2.05, 4.69) is 5.32 Å². The topological polar surface area (TPSA) is 64.4 Å². The van der Waals surface area contributed by atoms with E-state index < -0.39 is 5.82 Å². The summed E-state index contributed by atoms with van der Waals surface area (Å²) in [5.74, 6) is -0.839. The maximum Gasteiger partial charge on any atom is 0.251 e. The van der Waals surface area contributed by atoms with Crippen molar-refractivity contribution in [1.82, 2.24) is 5.32 Å². The molecule has 0 saturated carbocycles. The third-order valence-electron chi connectivity index (χ3n) is 3.06. The molecular weight excluding hydrogens is 235 g/mol. The maximum atomic E-state index is 13.1. The second-order valence-electron chi connectivity index (χ2n) is 4.59. The third kappa shape index (κ3) is 2.98. The fourth-order valence-corrected chi connectivity index (χ4v) is 2.12. The first-order chi connectivity index (χ1) is 8.56. The van der Waals surface area contributed by atoms with Crippen LogP contribution in [0.2, 0.25) is 0 Å². The lowest BCUT2D eigenvalue weighted by molar-refractivity contribution is 0.0712. The zero-order chi connectivity index (χ0) is 13.1. The van der Waals surface area contributed by atoms with Gasteiger partial charge in [0.25, 0.3) is 5.91 Å². The van der Waals surface area contributed by atoms with Crippen LogP contribution in [0.25, 0.3) is 0 Å². The van der Waals surface area contributed by atoms with Crippen LogP contribution in [0, 0.1) is 5.82 Å². The van der Waals surface area contributed by atoms with Crippen molar-refractivity contribution >= 4 is 11.6 Å². The summed E-state index contributed by atoms with van der Waals surface area (Å²) >= 11 is 0. The van der Waals surface area contributed by atoms with Crippen molar-refractivity contribution in [3.8, 4) is 0 Å². The van der Waals surface area contributed by atoms with Gasteiger partial charge in [-0.2, -0.15) is 0 Å². The van der Waals surface area contributed by atoms with E-state index in [9.17, 15) is 9.18 Å². The molecule has 2 unspecified atom stereocenters. The minimum atomic E-state index is -0.509. The van der Waals surface area contributed by atoms with Crippen LogP contribution in [0.1, 0.15) is 30.1 Å². The Morgan fingerprint density at radius 2 is 2.33 bits per heavy atom. The molecular formula is C13H17FN2O2. The van der Waals surface area contributed by atoms with Crippen molar-refractivity contribution in [3.05, 3.63) is 29.6 Å². The summed E-state index contributed by atoms with van der Waals surface area (Å²) in [6.07, 6.45) is 1.99. The molecule has 2 atom stereocenters. The lowest BCUT2D eigenvalue weighted by atomic mass is 10.1. The minimum absolute atomic E-state index is 0.0415. The van der Waals surface area contributed by atoms with E-state index in [4.69, 9.17) is 10.5 Å². The molecule has 1 amide bonds. The molecule has 0 radical (unpaired) electrons. The Morgan fingerprint density at radius 1 is 1.56 bits per heavy atom. The van der Waals surface area contributed by atoms with Gasteiger partial charge in [0.2, 0.25) is 0 Å². The Balaban J connectivity index is 2.02. The number of hydrogen-bond acceptors (Lipinski definition) is 3. The molecule has 1 aromatic rings. The van der Waals surface area contributed by atoms with Gasteiger partial charge >= 0.3 is 0 Å². The molecule has 4 nitrogen and oxygen atoms in total. The first-order valence-corrected chi connectivity index (χ1v) is 6.05. The van der Waals surface area contributed by atoms with E-state index in [1.807, 2.05) is 6.92 Å². The molecule has 2 rings (SSSR count). The molecule has 98 valence electrons. The van der Waals surface area contributed by atoms with Gasteiger partial charge < -0.3 is 15.8 Å². The van der Waals surface area contributed by atoms with Crippen LogP contribution in [-0.4, -0.2) is 24.7 Å². The summed E-state index contributed by atoms with van der Waals surface area (Å²) in [5, 5.41) is 2.81. The highest BCUT2D eigenvalue weighted by atomic mass is 19.1. The fourth-order valence-electron chi connectivity index (χ4n) is 2.12. The average molecular weight is 252 g/mol. The van der Waals surface area contributed by atoms with Gasteiger partial charge in [0, 0.05) is 17.9 Å². The first kappa shape index (κ1) is 12.8. The highest BCUT2D eigenvalue weighted by Gasteiger charge is 2.24. The van der Waals surface area contributed by atoms with Gasteiger partial charge in [-0.15, -0.1) is 0 Å². The average Bonchev–Trinajstić information content (AvgIpc) is 2.80. The molecule has 1 saturated heterocycles. The highest BCUT2D eigenvalue weighted by molar-refractivity contribution is 5.95. The molecule has 0 aromatic heterocycles. The van der Waals surface area contributed by atoms with E-state index >= 15 is 0 Å². The van der Waals surface area contributed by atoms with Crippen molar-refractivity contribution in [2.75, 3.05) is 12.3 Å². The van der Waals surface area contributed by atoms with Crippen LogP contribution < -0.4 is 11.1 Å². The van der Waals surface area contributed by atoms with E-state index in [1.54, 1.807) is 0 Å². The number of carbonyl (C=O) groups is 1. The van der Waals surface area contributed by atoms with Crippen LogP contribution >= 0.6 is 0 Å². The molecule has 0 spiro atoms. The van der Waals surface area contributed by atoms with E-state index in [0.717, 1.165) is 19.4 Å². The number of nitrogen functional groups attached to an aromatic ring is 1. The van der Waals surface area contributed by atoms with E-state index in [-0.39, 0.29) is 29.3 Å². The van der Waals surface area contributed by atoms with Crippen LogP contribution in [0.3, 0.4) is 0 Å². The summed E-state index contributed by atoms with van der Waals surface area (Å²) in [5.41, 5.74) is 5.98. The van der Waals surface area contributed by atoms with Crippen molar-refractivity contribution < 1.29 is 13.9 Å². The zero-order valence-corrected chi connectivity index (χ0v) is 10.3. The summed E-state index contributed by atoms with van der Waals surface area (Å²) in [4.78, 5) is 11.9. The molecule has 1 aliphatic rings. The van der Waals surface area contributed by atoms with Crippen molar-refractivity contribution in [1.29, 1.82) is 0 Å². The monoisotopic (exact) mass is 252 g/mol. The number of anilines is 1. The van der Waals surface area contributed by atoms with Crippen LogP contribution in [0.15, 0.2) is 18.2 Å². The number of rotatable bonds is 3. The lowest BCUT2D eigenvalue weighted by Gasteiger charge is -2.20. The molecule has 1 aromatic carbocycles. The second-order valence-corrected chi connectivity index (χ2v) is 4.59. The maximum absolute atomic E-state index is 13.1. The van der Waals surface area contributed by atoms with Gasteiger partial charge in [-0.05, 0) is 38.0 Å². The molecule has 0 aliphatic carbocycles. The predicted molar refractivity (Wildman–Crippen MR) is 66.7 cm³/mol. The molecule has 1 fully saturated rings. The van der Waals surface area contributed by atoms with Gasteiger partial charge in [-0.3, -0.25) is 4.79 Å². The number of hydrogen-bond donors (Lipinski definition) is 2. The van der Waals surface area contributed by atoms with Gasteiger partial charge in [-0.25, -0.2) is 4.39 Å². The van der Waals surface area contributed by atoms with Crippen molar-refractivity contribution in [2.24, 2.45) is 0 Å². The van der Waals surface area contributed by atoms with Gasteiger partial charge in [0.1, 0.15) is 5.82 Å². The third-order valence-corrected chi connectivity index (χ3v) is 3.06. The molecule has 0 bridgehead atoms. The van der Waals surface area contributed by atoms with Gasteiger partial charge in [0.05, 0.1) is 12.1 Å². The normalized spacial score (nSPS) is 20.7. The Bertz CT molecular complexity index is 424. The number of nitrogens with one attached hydrogen (secondary N) is 1. The van der Waals surface area contributed by atoms with Crippen LogP contribution in [-0.2, 0) is 4.74 Å². The summed E-state index contributed by atoms with van der Waals surface area (Å²) < 4.78 is 18.6. The molecule has 1 heterocycles. The minimum Gasteiger partial charge on any atom is -0.399 e. The van der Waals surface area contributed by atoms with E-state index in [0.29, 0.717) is 0 Å². The summed E-state index contributed by atoms with van der Waals surface area (Å²) in [6, 6.07) is 3.72.